The summed E-state index contributed by atoms with van der Waals surface area (Å²) in [6.07, 6.45) is 2.62. The lowest BCUT2D eigenvalue weighted by molar-refractivity contribution is -0.140. The Morgan fingerprint density at radius 2 is 2.16 bits per heavy atom. The van der Waals surface area contributed by atoms with E-state index >= 15 is 0 Å². The van der Waals surface area contributed by atoms with E-state index < -0.39 is 17.7 Å². The zero-order chi connectivity index (χ0) is 22.0. The largest absolute Gasteiger partial charge is 0.507 e. The number of nitrogens with zero attached hydrogens (tertiary/aromatic N) is 1. The Kier molecular flexibility index (Phi) is 6.43. The molecule has 0 bridgehead atoms. The fraction of sp³-hybridized carbons (Fsp3) is 0.417. The van der Waals surface area contributed by atoms with Crippen molar-refractivity contribution in [3.8, 4) is 5.75 Å². The van der Waals surface area contributed by atoms with Crippen molar-refractivity contribution in [2.45, 2.75) is 45.3 Å². The van der Waals surface area contributed by atoms with Crippen LogP contribution in [0.25, 0.3) is 5.76 Å². The highest BCUT2D eigenvalue weighted by atomic mass is 32.1. The van der Waals surface area contributed by atoms with Crippen LogP contribution in [0.4, 0.5) is 0 Å². The molecular weight excluding hydrogens is 414 g/mol. The summed E-state index contributed by atoms with van der Waals surface area (Å²) in [5.74, 6) is -0.656. The zero-order valence-corrected chi connectivity index (χ0v) is 18.6. The van der Waals surface area contributed by atoms with Gasteiger partial charge in [0.1, 0.15) is 11.5 Å². The van der Waals surface area contributed by atoms with Gasteiger partial charge in [-0.25, -0.2) is 0 Å². The number of ether oxygens (including phenoxy) is 2. The second-order valence-electron chi connectivity index (χ2n) is 7.93. The molecule has 0 aliphatic carbocycles. The van der Waals surface area contributed by atoms with Gasteiger partial charge in [-0.1, -0.05) is 13.0 Å². The summed E-state index contributed by atoms with van der Waals surface area (Å²) in [4.78, 5) is 28.4. The Morgan fingerprint density at radius 3 is 2.81 bits per heavy atom. The number of aliphatic hydroxyl groups is 1. The van der Waals surface area contributed by atoms with E-state index in [0.717, 1.165) is 35.5 Å². The van der Waals surface area contributed by atoms with Crippen LogP contribution in [0.15, 0.2) is 41.3 Å². The molecule has 3 heterocycles. The highest BCUT2D eigenvalue weighted by Crippen LogP contribution is 2.42. The fourth-order valence-electron chi connectivity index (χ4n) is 4.14. The van der Waals surface area contributed by atoms with Gasteiger partial charge in [-0.15, -0.1) is 11.3 Å². The minimum atomic E-state index is -0.655. The lowest BCUT2D eigenvalue weighted by Crippen LogP contribution is -2.36. The number of carbonyl (C=O) groups is 2. The van der Waals surface area contributed by atoms with Crippen LogP contribution < -0.4 is 4.74 Å². The summed E-state index contributed by atoms with van der Waals surface area (Å²) in [6, 6.07) is 8.48. The molecule has 1 amide bonds. The first-order chi connectivity index (χ1) is 15.0. The molecule has 2 unspecified atom stereocenters. The number of Topliss-reactive ketones (excluding diaryl/α,β-unsaturated/α-hetero) is 1. The van der Waals surface area contributed by atoms with Crippen molar-refractivity contribution in [3.05, 3.63) is 57.3 Å². The lowest BCUT2D eigenvalue weighted by Gasteiger charge is -2.26. The molecule has 1 aromatic heterocycles. The smallest absolute Gasteiger partial charge is 0.295 e. The molecule has 2 atom stereocenters. The molecule has 31 heavy (non-hydrogen) atoms. The van der Waals surface area contributed by atoms with Gasteiger partial charge in [0.05, 0.1) is 24.3 Å². The molecular formula is C24H27NO5S. The SMILES string of the molecule is CCCOc1ccc(/C(O)=C2/C(=O)C(=O)N(CC3CCCO3)C2c2cccs2)cc1C. The van der Waals surface area contributed by atoms with Gasteiger partial charge in [0, 0.05) is 23.6 Å². The van der Waals surface area contributed by atoms with Crippen molar-refractivity contribution in [2.75, 3.05) is 19.8 Å². The Bertz CT molecular complexity index is 991. The van der Waals surface area contributed by atoms with E-state index in [4.69, 9.17) is 9.47 Å². The number of aliphatic hydroxyl groups excluding tert-OH is 1. The first-order valence-electron chi connectivity index (χ1n) is 10.7. The molecule has 1 N–H and O–H groups in total. The van der Waals surface area contributed by atoms with Gasteiger partial charge < -0.3 is 19.5 Å². The van der Waals surface area contributed by atoms with Crippen molar-refractivity contribution in [2.24, 2.45) is 0 Å². The highest BCUT2D eigenvalue weighted by Gasteiger charge is 2.47. The zero-order valence-electron chi connectivity index (χ0n) is 17.8. The van der Waals surface area contributed by atoms with Crippen LogP contribution >= 0.6 is 11.3 Å². The predicted octanol–water partition coefficient (Wildman–Crippen LogP) is 4.45. The van der Waals surface area contributed by atoms with Gasteiger partial charge in [0.15, 0.2) is 0 Å². The average Bonchev–Trinajstić information content (AvgIpc) is 3.51. The molecule has 2 fully saturated rings. The van der Waals surface area contributed by atoms with Crippen LogP contribution in [0.3, 0.4) is 0 Å². The van der Waals surface area contributed by atoms with Crippen LogP contribution in [0.2, 0.25) is 0 Å². The van der Waals surface area contributed by atoms with Crippen molar-refractivity contribution in [1.82, 2.24) is 4.90 Å². The van der Waals surface area contributed by atoms with E-state index in [1.807, 2.05) is 31.4 Å². The minimum absolute atomic E-state index is 0.0852. The molecule has 2 aliphatic rings. The van der Waals surface area contributed by atoms with Crippen molar-refractivity contribution in [3.63, 3.8) is 0 Å². The number of ketones is 1. The number of hydrogen-bond acceptors (Lipinski definition) is 6. The van der Waals surface area contributed by atoms with Gasteiger partial charge in [-0.05, 0) is 61.4 Å². The van der Waals surface area contributed by atoms with Gasteiger partial charge in [-0.3, -0.25) is 9.59 Å². The molecule has 7 heteroatoms. The molecule has 164 valence electrons. The number of hydrogen-bond donors (Lipinski definition) is 1. The Labute approximate surface area is 186 Å². The molecule has 2 saturated heterocycles. The third-order valence-corrected chi connectivity index (χ3v) is 6.61. The number of likely N-dealkylation sites (tertiary alicyclic amines) is 1. The van der Waals surface area contributed by atoms with Crippen molar-refractivity contribution >= 4 is 28.8 Å². The first-order valence-corrected chi connectivity index (χ1v) is 11.6. The molecule has 2 aliphatic heterocycles. The van der Waals surface area contributed by atoms with Crippen molar-refractivity contribution < 1.29 is 24.2 Å². The third-order valence-electron chi connectivity index (χ3n) is 5.69. The summed E-state index contributed by atoms with van der Waals surface area (Å²) in [5, 5.41) is 13.1. The first kappa shape index (κ1) is 21.6. The van der Waals surface area contributed by atoms with Crippen molar-refractivity contribution in [1.29, 1.82) is 0 Å². The highest BCUT2D eigenvalue weighted by molar-refractivity contribution is 7.10. The van der Waals surface area contributed by atoms with E-state index in [-0.39, 0.29) is 17.4 Å². The number of thiophene rings is 1. The number of carbonyl (C=O) groups excluding carboxylic acids is 2. The van der Waals surface area contributed by atoms with Crippen LogP contribution in [-0.2, 0) is 14.3 Å². The molecule has 0 spiro atoms. The number of aryl methyl sites for hydroxylation is 1. The quantitative estimate of drug-likeness (QED) is 0.390. The summed E-state index contributed by atoms with van der Waals surface area (Å²) in [6.45, 7) is 5.56. The van der Waals surface area contributed by atoms with Crippen LogP contribution in [0.1, 0.15) is 48.2 Å². The van der Waals surface area contributed by atoms with Gasteiger partial charge in [0.25, 0.3) is 11.7 Å². The molecule has 1 aromatic carbocycles. The summed E-state index contributed by atoms with van der Waals surface area (Å²) in [7, 11) is 0. The van der Waals surface area contributed by atoms with Crippen LogP contribution in [0, 0.1) is 6.92 Å². The minimum Gasteiger partial charge on any atom is -0.507 e. The predicted molar refractivity (Wildman–Crippen MR) is 119 cm³/mol. The molecule has 0 radical (unpaired) electrons. The van der Waals surface area contributed by atoms with E-state index in [1.54, 1.807) is 23.1 Å². The average molecular weight is 442 g/mol. The molecule has 2 aromatic rings. The summed E-state index contributed by atoms with van der Waals surface area (Å²) >= 11 is 1.46. The fourth-order valence-corrected chi connectivity index (χ4v) is 4.99. The Balaban J connectivity index is 1.73. The number of benzene rings is 1. The standard InChI is InChI=1S/C24H27NO5S/c1-3-10-30-18-9-8-16(13-15(18)2)22(26)20-21(19-7-5-12-31-19)25(24(28)23(20)27)14-17-6-4-11-29-17/h5,7-9,12-13,17,21,26H,3-4,6,10-11,14H2,1-2H3/b22-20-. The summed E-state index contributed by atoms with van der Waals surface area (Å²) < 4.78 is 11.4. The Hall–Kier alpha value is -2.64. The second-order valence-corrected chi connectivity index (χ2v) is 8.91. The van der Waals surface area contributed by atoms with Gasteiger partial charge in [0.2, 0.25) is 0 Å². The summed E-state index contributed by atoms with van der Waals surface area (Å²) in [5.41, 5.74) is 1.49. The number of amides is 1. The normalized spacial score (nSPS) is 23.0. The third kappa shape index (κ3) is 4.25. The number of rotatable bonds is 7. The van der Waals surface area contributed by atoms with E-state index in [1.165, 1.54) is 11.3 Å². The van der Waals surface area contributed by atoms with E-state index in [9.17, 15) is 14.7 Å². The maximum atomic E-state index is 13.0. The van der Waals surface area contributed by atoms with Gasteiger partial charge >= 0.3 is 0 Å². The monoisotopic (exact) mass is 441 g/mol. The van der Waals surface area contributed by atoms with Gasteiger partial charge in [-0.2, -0.15) is 0 Å². The van der Waals surface area contributed by atoms with Crippen LogP contribution in [-0.4, -0.2) is 47.6 Å². The second kappa shape index (κ2) is 9.24. The Morgan fingerprint density at radius 1 is 1.32 bits per heavy atom. The molecule has 6 nitrogen and oxygen atoms in total. The molecule has 4 rings (SSSR count). The van der Waals surface area contributed by atoms with Crippen LogP contribution in [0.5, 0.6) is 5.75 Å². The maximum Gasteiger partial charge on any atom is 0.295 e. The van der Waals surface area contributed by atoms with E-state index in [2.05, 4.69) is 0 Å². The van der Waals surface area contributed by atoms with E-state index in [0.29, 0.717) is 25.3 Å². The topological polar surface area (TPSA) is 76.1 Å². The maximum absolute atomic E-state index is 13.0. The molecule has 0 saturated carbocycles. The lowest BCUT2D eigenvalue weighted by atomic mass is 9.98.